The van der Waals surface area contributed by atoms with Crippen LogP contribution in [0.25, 0.3) is 0 Å². The molecule has 0 saturated heterocycles. The molecule has 0 heterocycles. The van der Waals surface area contributed by atoms with Gasteiger partial charge in [-0.05, 0) is 32.4 Å². The summed E-state index contributed by atoms with van der Waals surface area (Å²) < 4.78 is 0. The van der Waals surface area contributed by atoms with Crippen LogP contribution in [0.5, 0.6) is 0 Å². The maximum atomic E-state index is 11.7. The van der Waals surface area contributed by atoms with Crippen LogP contribution in [0.15, 0.2) is 40.3 Å². The van der Waals surface area contributed by atoms with Crippen molar-refractivity contribution in [2.24, 2.45) is 5.10 Å². The number of carbonyl (C=O) groups is 1. The van der Waals surface area contributed by atoms with Crippen LogP contribution in [0.1, 0.15) is 27.2 Å². The van der Waals surface area contributed by atoms with E-state index in [1.165, 1.54) is 11.8 Å². The Bertz CT molecular complexity index is 390. The average molecular weight is 250 g/mol. The Hall–Kier alpha value is -1.29. The van der Waals surface area contributed by atoms with Crippen molar-refractivity contribution in [3.05, 3.63) is 30.3 Å². The van der Waals surface area contributed by atoms with E-state index in [1.807, 2.05) is 51.1 Å². The molecule has 0 spiro atoms. The fraction of sp³-hybridized carbons (Fsp3) is 0.385. The molecular formula is C13H18N2OS. The molecule has 1 aromatic rings. The number of nitrogens with zero attached hydrogens (tertiary/aromatic N) is 1. The van der Waals surface area contributed by atoms with Crippen molar-refractivity contribution in [2.75, 3.05) is 0 Å². The van der Waals surface area contributed by atoms with Crippen LogP contribution in [0.4, 0.5) is 0 Å². The van der Waals surface area contributed by atoms with Crippen molar-refractivity contribution in [3.63, 3.8) is 0 Å². The second-order valence-electron chi connectivity index (χ2n) is 3.75. The van der Waals surface area contributed by atoms with Crippen LogP contribution in [0.2, 0.25) is 0 Å². The molecule has 1 aromatic carbocycles. The number of thioether (sulfide) groups is 1. The van der Waals surface area contributed by atoms with Gasteiger partial charge in [0, 0.05) is 10.6 Å². The molecule has 0 bridgehead atoms. The molecule has 0 saturated carbocycles. The zero-order valence-electron chi connectivity index (χ0n) is 10.4. The van der Waals surface area contributed by atoms with Crippen molar-refractivity contribution in [1.29, 1.82) is 0 Å². The highest BCUT2D eigenvalue weighted by Crippen LogP contribution is 2.22. The summed E-state index contributed by atoms with van der Waals surface area (Å²) in [6.07, 6.45) is 0.848. The van der Waals surface area contributed by atoms with E-state index in [4.69, 9.17) is 0 Å². The summed E-state index contributed by atoms with van der Waals surface area (Å²) in [4.78, 5) is 12.8. The van der Waals surface area contributed by atoms with E-state index in [2.05, 4.69) is 10.5 Å². The first-order valence-corrected chi connectivity index (χ1v) is 6.56. The minimum absolute atomic E-state index is 0.0633. The van der Waals surface area contributed by atoms with Crippen LogP contribution in [0.3, 0.4) is 0 Å². The third-order valence-electron chi connectivity index (χ3n) is 2.29. The number of hydrazone groups is 1. The zero-order chi connectivity index (χ0) is 12.7. The van der Waals surface area contributed by atoms with Gasteiger partial charge in [-0.1, -0.05) is 25.1 Å². The van der Waals surface area contributed by atoms with Gasteiger partial charge >= 0.3 is 0 Å². The lowest BCUT2D eigenvalue weighted by Gasteiger charge is -2.09. The van der Waals surface area contributed by atoms with Crippen molar-refractivity contribution in [3.8, 4) is 0 Å². The van der Waals surface area contributed by atoms with E-state index < -0.39 is 0 Å². The highest BCUT2D eigenvalue weighted by molar-refractivity contribution is 8.00. The number of benzene rings is 1. The Morgan fingerprint density at radius 1 is 1.41 bits per heavy atom. The summed E-state index contributed by atoms with van der Waals surface area (Å²) >= 11 is 1.53. The topological polar surface area (TPSA) is 41.5 Å². The molecular weight excluding hydrogens is 232 g/mol. The SMILES string of the molecule is CC/C(C)=N\NC(=O)[C@H](C)Sc1ccccc1. The second kappa shape index (κ2) is 7.12. The summed E-state index contributed by atoms with van der Waals surface area (Å²) in [6.45, 7) is 5.78. The molecule has 1 rings (SSSR count). The first-order valence-electron chi connectivity index (χ1n) is 5.68. The zero-order valence-corrected chi connectivity index (χ0v) is 11.3. The van der Waals surface area contributed by atoms with Crippen molar-refractivity contribution < 1.29 is 4.79 Å². The number of nitrogens with one attached hydrogen (secondary N) is 1. The smallest absolute Gasteiger partial charge is 0.253 e. The molecule has 0 aliphatic carbocycles. The normalized spacial score (nSPS) is 13.2. The summed E-state index contributed by atoms with van der Waals surface area (Å²) in [7, 11) is 0. The Morgan fingerprint density at radius 2 is 2.06 bits per heavy atom. The molecule has 0 unspecified atom stereocenters. The van der Waals surface area contributed by atoms with Crippen LogP contribution >= 0.6 is 11.8 Å². The van der Waals surface area contributed by atoms with E-state index in [0.29, 0.717) is 0 Å². The average Bonchev–Trinajstić information content (AvgIpc) is 2.36. The minimum Gasteiger partial charge on any atom is -0.272 e. The number of amides is 1. The lowest BCUT2D eigenvalue weighted by molar-refractivity contribution is -0.120. The number of rotatable bonds is 5. The third kappa shape index (κ3) is 5.04. The van der Waals surface area contributed by atoms with Gasteiger partial charge < -0.3 is 0 Å². The standard InChI is InChI=1S/C13H18N2OS/c1-4-10(2)14-15-13(16)11(3)17-12-8-6-5-7-9-12/h5-9,11H,4H2,1-3H3,(H,15,16)/b14-10-/t11-/m0/s1. The summed E-state index contributed by atoms with van der Waals surface area (Å²) in [6, 6.07) is 9.88. The molecule has 0 aliphatic rings. The lowest BCUT2D eigenvalue weighted by atomic mass is 10.3. The van der Waals surface area contributed by atoms with Crippen LogP contribution in [-0.2, 0) is 4.79 Å². The van der Waals surface area contributed by atoms with Crippen LogP contribution in [0, 0.1) is 0 Å². The molecule has 1 atom stereocenters. The maximum Gasteiger partial charge on any atom is 0.253 e. The number of hydrogen-bond donors (Lipinski definition) is 1. The molecule has 17 heavy (non-hydrogen) atoms. The Kier molecular flexibility index (Phi) is 5.77. The lowest BCUT2D eigenvalue weighted by Crippen LogP contribution is -2.27. The molecule has 0 fully saturated rings. The highest BCUT2D eigenvalue weighted by atomic mass is 32.2. The fourth-order valence-electron chi connectivity index (χ4n) is 1.08. The molecule has 3 nitrogen and oxygen atoms in total. The van der Waals surface area contributed by atoms with Gasteiger partial charge in [0.15, 0.2) is 0 Å². The molecule has 0 aromatic heterocycles. The molecule has 0 radical (unpaired) electrons. The Morgan fingerprint density at radius 3 is 2.65 bits per heavy atom. The molecule has 1 N–H and O–H groups in total. The second-order valence-corrected chi connectivity index (χ2v) is 5.16. The summed E-state index contributed by atoms with van der Waals surface area (Å²) in [5, 5.41) is 3.86. The third-order valence-corrected chi connectivity index (χ3v) is 3.41. The van der Waals surface area contributed by atoms with Gasteiger partial charge in [-0.2, -0.15) is 5.10 Å². The number of carbonyl (C=O) groups excluding carboxylic acids is 1. The first-order chi connectivity index (χ1) is 8.13. The van der Waals surface area contributed by atoms with Crippen molar-refractivity contribution in [1.82, 2.24) is 5.43 Å². The van der Waals surface area contributed by atoms with Gasteiger partial charge in [0.1, 0.15) is 0 Å². The van der Waals surface area contributed by atoms with Crippen molar-refractivity contribution in [2.45, 2.75) is 37.3 Å². The predicted molar refractivity (Wildman–Crippen MR) is 73.3 cm³/mol. The molecule has 4 heteroatoms. The Balaban J connectivity index is 2.48. The van der Waals surface area contributed by atoms with E-state index >= 15 is 0 Å². The van der Waals surface area contributed by atoms with Gasteiger partial charge in [-0.15, -0.1) is 11.8 Å². The van der Waals surface area contributed by atoms with Crippen LogP contribution in [-0.4, -0.2) is 16.9 Å². The van der Waals surface area contributed by atoms with Gasteiger partial charge in [0.2, 0.25) is 0 Å². The summed E-state index contributed by atoms with van der Waals surface area (Å²) in [5.74, 6) is -0.0633. The molecule has 1 amide bonds. The number of hydrogen-bond acceptors (Lipinski definition) is 3. The Labute approximate surface area is 107 Å². The van der Waals surface area contributed by atoms with Crippen molar-refractivity contribution >= 4 is 23.4 Å². The fourth-order valence-corrected chi connectivity index (χ4v) is 1.96. The first kappa shape index (κ1) is 13.8. The molecule has 0 aliphatic heterocycles. The highest BCUT2D eigenvalue weighted by Gasteiger charge is 2.13. The van der Waals surface area contributed by atoms with Crippen LogP contribution < -0.4 is 5.43 Å². The minimum atomic E-state index is -0.147. The quantitative estimate of drug-likeness (QED) is 0.496. The summed E-state index contributed by atoms with van der Waals surface area (Å²) in [5.41, 5.74) is 3.51. The monoisotopic (exact) mass is 250 g/mol. The van der Waals surface area contributed by atoms with E-state index in [9.17, 15) is 4.79 Å². The van der Waals surface area contributed by atoms with Gasteiger partial charge in [-0.3, -0.25) is 4.79 Å². The van der Waals surface area contributed by atoms with E-state index in [-0.39, 0.29) is 11.2 Å². The van der Waals surface area contributed by atoms with E-state index in [0.717, 1.165) is 17.0 Å². The van der Waals surface area contributed by atoms with Gasteiger partial charge in [0.25, 0.3) is 5.91 Å². The predicted octanol–water partition coefficient (Wildman–Crippen LogP) is 3.07. The molecule has 92 valence electrons. The van der Waals surface area contributed by atoms with Gasteiger partial charge in [-0.25, -0.2) is 5.43 Å². The largest absolute Gasteiger partial charge is 0.272 e. The van der Waals surface area contributed by atoms with Gasteiger partial charge in [0.05, 0.1) is 5.25 Å². The van der Waals surface area contributed by atoms with E-state index in [1.54, 1.807) is 0 Å². The maximum absolute atomic E-state index is 11.7.